The average molecular weight is 348 g/mol. The summed E-state index contributed by atoms with van der Waals surface area (Å²) < 4.78 is 6.36. The molecule has 1 saturated heterocycles. The summed E-state index contributed by atoms with van der Waals surface area (Å²) in [6.07, 6.45) is 0. The number of ether oxygens (including phenoxy) is 1. The maximum absolute atomic E-state index is 12.0. The van der Waals surface area contributed by atoms with Gasteiger partial charge in [0.05, 0.1) is 5.02 Å². The third kappa shape index (κ3) is 4.09. The zero-order chi connectivity index (χ0) is 13.8. The Morgan fingerprint density at radius 2 is 2.42 bits per heavy atom. The first kappa shape index (κ1) is 14.6. The van der Waals surface area contributed by atoms with Gasteiger partial charge in [-0.05, 0) is 25.1 Å². The van der Waals surface area contributed by atoms with E-state index in [1.165, 1.54) is 0 Å². The molecular weight excluding hydrogens is 332 g/mol. The molecule has 1 aromatic rings. The molecule has 1 N–H and O–H groups in total. The number of piperazine rings is 1. The predicted octanol–water partition coefficient (Wildman–Crippen LogP) is 2.30. The number of benzene rings is 1. The lowest BCUT2D eigenvalue weighted by atomic mass is 10.2. The highest BCUT2D eigenvalue weighted by Gasteiger charge is 2.20. The molecular formula is C13H16BrClN2O2. The van der Waals surface area contributed by atoms with Crippen molar-refractivity contribution < 1.29 is 9.53 Å². The first-order valence-corrected chi connectivity index (χ1v) is 7.32. The van der Waals surface area contributed by atoms with E-state index in [1.807, 2.05) is 11.0 Å². The number of nitrogens with zero attached hydrogens (tertiary/aromatic N) is 1. The number of hydrogen-bond acceptors (Lipinski definition) is 3. The number of carbonyl (C=O) groups is 1. The molecule has 0 aromatic heterocycles. The van der Waals surface area contributed by atoms with E-state index in [4.69, 9.17) is 16.3 Å². The molecule has 0 spiro atoms. The van der Waals surface area contributed by atoms with Crippen LogP contribution < -0.4 is 10.1 Å². The van der Waals surface area contributed by atoms with Crippen LogP contribution in [0.1, 0.15) is 6.92 Å². The molecule has 1 unspecified atom stereocenters. The largest absolute Gasteiger partial charge is 0.482 e. The van der Waals surface area contributed by atoms with E-state index in [1.54, 1.807) is 12.1 Å². The van der Waals surface area contributed by atoms with Gasteiger partial charge in [-0.2, -0.15) is 0 Å². The number of hydrogen-bond donors (Lipinski definition) is 1. The molecule has 1 atom stereocenters. The van der Waals surface area contributed by atoms with Gasteiger partial charge < -0.3 is 15.0 Å². The van der Waals surface area contributed by atoms with Crippen LogP contribution >= 0.6 is 27.5 Å². The van der Waals surface area contributed by atoms with Crippen molar-refractivity contribution in [1.29, 1.82) is 0 Å². The van der Waals surface area contributed by atoms with E-state index in [0.717, 1.165) is 24.1 Å². The van der Waals surface area contributed by atoms with Crippen LogP contribution in [0.2, 0.25) is 5.02 Å². The fourth-order valence-electron chi connectivity index (χ4n) is 1.98. The fourth-order valence-corrected chi connectivity index (χ4v) is 2.71. The van der Waals surface area contributed by atoms with E-state index in [0.29, 0.717) is 16.8 Å². The van der Waals surface area contributed by atoms with Gasteiger partial charge in [0.2, 0.25) is 0 Å². The van der Waals surface area contributed by atoms with E-state index in [2.05, 4.69) is 28.2 Å². The third-order valence-corrected chi connectivity index (χ3v) is 3.76. The van der Waals surface area contributed by atoms with Crippen molar-refractivity contribution in [3.63, 3.8) is 0 Å². The molecule has 0 radical (unpaired) electrons. The first-order chi connectivity index (χ1) is 9.06. The summed E-state index contributed by atoms with van der Waals surface area (Å²) in [7, 11) is 0. The van der Waals surface area contributed by atoms with Crippen LogP contribution in [0.4, 0.5) is 0 Å². The zero-order valence-corrected chi connectivity index (χ0v) is 13.0. The van der Waals surface area contributed by atoms with Crippen molar-refractivity contribution in [3.05, 3.63) is 27.7 Å². The van der Waals surface area contributed by atoms with Crippen LogP contribution in [0.3, 0.4) is 0 Å². The molecule has 1 amide bonds. The van der Waals surface area contributed by atoms with E-state index in [-0.39, 0.29) is 12.5 Å². The first-order valence-electron chi connectivity index (χ1n) is 6.15. The lowest BCUT2D eigenvalue weighted by Crippen LogP contribution is -2.52. The Hall–Kier alpha value is -0.780. The standard InChI is InChI=1S/C13H16BrClN2O2/c1-9-7-17(5-4-16-9)13(18)8-19-12-3-2-10(14)6-11(12)15/h2-3,6,9,16H,4-5,7-8H2,1H3. The minimum Gasteiger partial charge on any atom is -0.482 e. The summed E-state index contributed by atoms with van der Waals surface area (Å²) in [5, 5.41) is 3.79. The SMILES string of the molecule is CC1CN(C(=O)COc2ccc(Br)cc2Cl)CCN1. The molecule has 19 heavy (non-hydrogen) atoms. The monoisotopic (exact) mass is 346 g/mol. The van der Waals surface area contributed by atoms with Gasteiger partial charge in [-0.25, -0.2) is 0 Å². The lowest BCUT2D eigenvalue weighted by Gasteiger charge is -2.31. The van der Waals surface area contributed by atoms with Gasteiger partial charge in [0.15, 0.2) is 6.61 Å². The van der Waals surface area contributed by atoms with Crippen LogP contribution in [-0.2, 0) is 4.79 Å². The number of amides is 1. The number of halogens is 2. The van der Waals surface area contributed by atoms with Crippen molar-refractivity contribution in [2.75, 3.05) is 26.2 Å². The molecule has 1 heterocycles. The van der Waals surface area contributed by atoms with E-state index >= 15 is 0 Å². The number of rotatable bonds is 3. The lowest BCUT2D eigenvalue weighted by molar-refractivity contribution is -0.134. The smallest absolute Gasteiger partial charge is 0.260 e. The topological polar surface area (TPSA) is 41.6 Å². The number of carbonyl (C=O) groups excluding carboxylic acids is 1. The summed E-state index contributed by atoms with van der Waals surface area (Å²) in [5.41, 5.74) is 0. The highest BCUT2D eigenvalue weighted by atomic mass is 79.9. The van der Waals surface area contributed by atoms with Crippen LogP contribution in [0.15, 0.2) is 22.7 Å². The van der Waals surface area contributed by atoms with Gasteiger partial charge in [-0.15, -0.1) is 0 Å². The Balaban J connectivity index is 1.89. The van der Waals surface area contributed by atoms with Crippen LogP contribution in [0.25, 0.3) is 0 Å². The van der Waals surface area contributed by atoms with Gasteiger partial charge in [0.25, 0.3) is 5.91 Å². The molecule has 2 rings (SSSR count). The second-order valence-electron chi connectivity index (χ2n) is 4.56. The van der Waals surface area contributed by atoms with Crippen molar-refractivity contribution in [3.8, 4) is 5.75 Å². The normalized spacial score (nSPS) is 19.3. The van der Waals surface area contributed by atoms with Crippen molar-refractivity contribution >= 4 is 33.4 Å². The van der Waals surface area contributed by atoms with Crippen LogP contribution in [-0.4, -0.2) is 43.1 Å². The molecule has 4 nitrogen and oxygen atoms in total. The Kier molecular flexibility index (Phi) is 5.07. The molecule has 104 valence electrons. The van der Waals surface area contributed by atoms with Gasteiger partial charge in [-0.1, -0.05) is 27.5 Å². The van der Waals surface area contributed by atoms with E-state index < -0.39 is 0 Å². The van der Waals surface area contributed by atoms with Crippen LogP contribution in [0, 0.1) is 0 Å². The highest BCUT2D eigenvalue weighted by Crippen LogP contribution is 2.27. The minimum atomic E-state index is -0.00710. The van der Waals surface area contributed by atoms with E-state index in [9.17, 15) is 4.79 Å². The van der Waals surface area contributed by atoms with Crippen LogP contribution in [0.5, 0.6) is 5.75 Å². The second kappa shape index (κ2) is 6.59. The Morgan fingerprint density at radius 3 is 3.11 bits per heavy atom. The quantitative estimate of drug-likeness (QED) is 0.912. The summed E-state index contributed by atoms with van der Waals surface area (Å²) in [5.74, 6) is 0.522. The molecule has 0 saturated carbocycles. The molecule has 6 heteroatoms. The molecule has 0 aliphatic carbocycles. The molecule has 1 fully saturated rings. The minimum absolute atomic E-state index is 0.00710. The Labute approximate surface area is 126 Å². The van der Waals surface area contributed by atoms with Gasteiger partial charge in [-0.3, -0.25) is 4.79 Å². The summed E-state index contributed by atoms with van der Waals surface area (Å²) in [4.78, 5) is 13.8. The second-order valence-corrected chi connectivity index (χ2v) is 5.88. The maximum Gasteiger partial charge on any atom is 0.260 e. The molecule has 1 aliphatic rings. The molecule has 0 bridgehead atoms. The highest BCUT2D eigenvalue weighted by molar-refractivity contribution is 9.10. The fraction of sp³-hybridized carbons (Fsp3) is 0.462. The summed E-state index contributed by atoms with van der Waals surface area (Å²) in [6, 6.07) is 5.65. The third-order valence-electron chi connectivity index (χ3n) is 2.97. The number of nitrogens with one attached hydrogen (secondary N) is 1. The predicted molar refractivity (Wildman–Crippen MR) is 78.7 cm³/mol. The molecule has 1 aliphatic heterocycles. The van der Waals surface area contributed by atoms with Crippen molar-refractivity contribution in [1.82, 2.24) is 10.2 Å². The van der Waals surface area contributed by atoms with Crippen molar-refractivity contribution in [2.45, 2.75) is 13.0 Å². The van der Waals surface area contributed by atoms with Gasteiger partial charge in [0, 0.05) is 30.1 Å². The Morgan fingerprint density at radius 1 is 1.63 bits per heavy atom. The van der Waals surface area contributed by atoms with Gasteiger partial charge in [0.1, 0.15) is 5.75 Å². The summed E-state index contributed by atoms with van der Waals surface area (Å²) >= 11 is 9.36. The maximum atomic E-state index is 12.0. The average Bonchev–Trinajstić information content (AvgIpc) is 2.37. The van der Waals surface area contributed by atoms with Gasteiger partial charge >= 0.3 is 0 Å². The summed E-state index contributed by atoms with van der Waals surface area (Å²) in [6.45, 7) is 4.35. The van der Waals surface area contributed by atoms with Crippen molar-refractivity contribution in [2.24, 2.45) is 0 Å². The zero-order valence-electron chi connectivity index (χ0n) is 10.7. The Bertz CT molecular complexity index is 470. The molecule has 1 aromatic carbocycles.